The number of ketones is 4. The zero-order chi connectivity index (χ0) is 46.6. The van der Waals surface area contributed by atoms with Crippen LogP contribution in [0.15, 0.2) is 60.7 Å². The van der Waals surface area contributed by atoms with Gasteiger partial charge in [0.25, 0.3) is 0 Å². The largest absolute Gasteiger partial charge is 2.00 e. The summed E-state index contributed by atoms with van der Waals surface area (Å²) in [6.45, 7) is -1.39. The number of benzene rings is 4. The fraction of sp³-hybridized carbons (Fsp3) is 0.286. The third kappa shape index (κ3) is 8.72. The molecule has 0 saturated carbocycles. The van der Waals surface area contributed by atoms with Gasteiger partial charge in [0.15, 0.2) is 11.6 Å². The first-order chi connectivity index (χ1) is 30.3. The number of hydrogen-bond donors (Lipinski definition) is 10. The van der Waals surface area contributed by atoms with Crippen molar-refractivity contribution in [2.24, 2.45) is 0 Å². The number of rotatable bonds is 8. The van der Waals surface area contributed by atoms with Gasteiger partial charge in [-0.05, 0) is 36.4 Å². The van der Waals surface area contributed by atoms with Crippen molar-refractivity contribution in [1.29, 1.82) is 0 Å². The average molecular weight is 931 g/mol. The van der Waals surface area contributed by atoms with E-state index in [1.165, 1.54) is 36.4 Å². The van der Waals surface area contributed by atoms with Gasteiger partial charge in [0, 0.05) is 33.4 Å². The number of aliphatic hydroxyl groups excluding tert-OH is 8. The molecule has 2 saturated heterocycles. The topological polar surface area (TPSA) is 388 Å². The Morgan fingerprint density at radius 1 is 0.508 bits per heavy atom. The van der Waals surface area contributed by atoms with Gasteiger partial charge >= 0.3 is 37.7 Å². The molecule has 65 heavy (non-hydrogen) atoms. The van der Waals surface area contributed by atoms with Crippen LogP contribution in [0.25, 0.3) is 0 Å². The normalized spacial score (nSPS) is 26.5. The van der Waals surface area contributed by atoms with E-state index in [4.69, 9.17) is 18.9 Å². The molecule has 336 valence electrons. The number of aromatic hydroxyl groups is 2. The maximum Gasteiger partial charge on any atom is 2.00 e. The van der Waals surface area contributed by atoms with Gasteiger partial charge in [0.2, 0.25) is 24.1 Å². The number of phenols is 2. The molecule has 2 aliphatic heterocycles. The molecule has 4 aliphatic rings. The predicted octanol–water partition coefficient (Wildman–Crippen LogP) is -4.96. The molecule has 2 fully saturated rings. The molecular formula is C42H34CaO22. The van der Waals surface area contributed by atoms with Gasteiger partial charge in [-0.3, -0.25) is 19.2 Å². The first-order valence-corrected chi connectivity index (χ1v) is 18.9. The van der Waals surface area contributed by atoms with E-state index in [1.807, 2.05) is 0 Å². The van der Waals surface area contributed by atoms with E-state index in [9.17, 15) is 90.0 Å². The molecule has 0 bridgehead atoms. The van der Waals surface area contributed by atoms with Gasteiger partial charge in [0.05, 0.1) is 47.4 Å². The summed E-state index contributed by atoms with van der Waals surface area (Å²) in [5.74, 6) is -8.46. The van der Waals surface area contributed by atoms with Crippen molar-refractivity contribution in [1.82, 2.24) is 0 Å². The van der Waals surface area contributed by atoms with Crippen molar-refractivity contribution in [2.45, 2.75) is 61.4 Å². The molecule has 4 aromatic rings. The summed E-state index contributed by atoms with van der Waals surface area (Å²) in [7, 11) is 0. The summed E-state index contributed by atoms with van der Waals surface area (Å²) >= 11 is 0. The summed E-state index contributed by atoms with van der Waals surface area (Å²) < 4.78 is 21.6. The van der Waals surface area contributed by atoms with Crippen LogP contribution in [0.5, 0.6) is 23.0 Å². The Hall–Kier alpha value is -5.44. The number of aliphatic hydroxyl groups is 8. The van der Waals surface area contributed by atoms with E-state index >= 15 is 0 Å². The number of carbonyl (C=O) groups is 6. The second kappa shape index (κ2) is 19.2. The van der Waals surface area contributed by atoms with Crippen LogP contribution in [0.2, 0.25) is 0 Å². The fourth-order valence-corrected chi connectivity index (χ4v) is 7.55. The maximum absolute atomic E-state index is 13.1. The molecule has 10 N–H and O–H groups in total. The van der Waals surface area contributed by atoms with Crippen LogP contribution in [0, 0.1) is 0 Å². The van der Waals surface area contributed by atoms with Crippen LogP contribution in [-0.4, -0.2) is 199 Å². The minimum Gasteiger partial charge on any atom is -0.545 e. The Morgan fingerprint density at radius 2 is 0.862 bits per heavy atom. The van der Waals surface area contributed by atoms with Crippen molar-refractivity contribution < 1.29 is 109 Å². The minimum atomic E-state index is -1.76. The molecule has 0 radical (unpaired) electrons. The smallest absolute Gasteiger partial charge is 0.545 e. The zero-order valence-corrected chi connectivity index (χ0v) is 35.2. The zero-order valence-electron chi connectivity index (χ0n) is 33.0. The molecule has 10 unspecified atom stereocenters. The fourth-order valence-electron chi connectivity index (χ4n) is 7.55. The van der Waals surface area contributed by atoms with Crippen LogP contribution in [-0.2, 0) is 9.47 Å². The van der Waals surface area contributed by atoms with Crippen molar-refractivity contribution in [3.05, 3.63) is 116 Å². The van der Waals surface area contributed by atoms with Crippen LogP contribution in [0.4, 0.5) is 0 Å². The van der Waals surface area contributed by atoms with E-state index in [-0.39, 0.29) is 82.6 Å². The Labute approximate surface area is 393 Å². The van der Waals surface area contributed by atoms with Crippen molar-refractivity contribution in [2.75, 3.05) is 13.2 Å². The minimum absolute atomic E-state index is 0. The summed E-state index contributed by atoms with van der Waals surface area (Å²) in [6.07, 6.45) is -16.0. The van der Waals surface area contributed by atoms with Gasteiger partial charge in [-0.15, -0.1) is 0 Å². The van der Waals surface area contributed by atoms with E-state index in [1.54, 1.807) is 0 Å². The molecule has 0 aromatic heterocycles. The van der Waals surface area contributed by atoms with Gasteiger partial charge in [-0.2, -0.15) is 0 Å². The molecular weight excluding hydrogens is 897 g/mol. The van der Waals surface area contributed by atoms with E-state index in [0.717, 1.165) is 24.3 Å². The first-order valence-electron chi connectivity index (χ1n) is 18.9. The third-order valence-electron chi connectivity index (χ3n) is 10.8. The van der Waals surface area contributed by atoms with Gasteiger partial charge in [-0.1, -0.05) is 24.3 Å². The monoisotopic (exact) mass is 930 g/mol. The summed E-state index contributed by atoms with van der Waals surface area (Å²) in [4.78, 5) is 74.5. The van der Waals surface area contributed by atoms with Gasteiger partial charge < -0.3 is 89.8 Å². The third-order valence-corrected chi connectivity index (χ3v) is 10.8. The number of carbonyl (C=O) groups excluding carboxylic acids is 6. The number of phenolic OH excluding ortho intramolecular Hbond substituents is 2. The number of hydrogen-bond acceptors (Lipinski definition) is 22. The molecule has 10 atom stereocenters. The second-order valence-electron chi connectivity index (χ2n) is 14.7. The molecule has 2 heterocycles. The summed E-state index contributed by atoms with van der Waals surface area (Å²) in [5.41, 5.74) is -3.36. The summed E-state index contributed by atoms with van der Waals surface area (Å²) in [6, 6.07) is 11.3. The molecule has 2 aliphatic carbocycles. The van der Waals surface area contributed by atoms with Crippen molar-refractivity contribution in [3.8, 4) is 23.0 Å². The van der Waals surface area contributed by atoms with Crippen molar-refractivity contribution >= 4 is 72.8 Å². The van der Waals surface area contributed by atoms with Crippen LogP contribution in [0.3, 0.4) is 0 Å². The van der Waals surface area contributed by atoms with E-state index < -0.39 is 143 Å². The number of ether oxygens (including phenoxy) is 4. The van der Waals surface area contributed by atoms with E-state index in [2.05, 4.69) is 0 Å². The quantitative estimate of drug-likeness (QED) is 0.0639. The van der Waals surface area contributed by atoms with Crippen LogP contribution >= 0.6 is 0 Å². The number of carboxylic acids is 2. The molecule has 23 heteroatoms. The van der Waals surface area contributed by atoms with Gasteiger partial charge in [0.1, 0.15) is 71.8 Å². The molecule has 8 rings (SSSR count). The Balaban J connectivity index is 0.000000212. The molecule has 0 amide bonds. The SMILES string of the molecule is O=C([O-])c1cc(O)c2c(c1)C(=O)c1cccc(OC3OC(CO)C(O)C(O)C3O)c1C2=O.O=C([O-])c1cc(O)c2c(c1)C(=O)c1cccc(OC3OC(CO)C(O)C(O)C3O)c1C2=O.[Ca+2]. The molecule has 4 aromatic carbocycles. The Morgan fingerprint density at radius 3 is 1.18 bits per heavy atom. The number of carboxylic acid groups (broad SMARTS) is 2. The van der Waals surface area contributed by atoms with Gasteiger partial charge in [-0.25, -0.2) is 0 Å². The van der Waals surface area contributed by atoms with E-state index in [0.29, 0.717) is 0 Å². The Kier molecular flexibility index (Phi) is 14.5. The maximum atomic E-state index is 13.1. The van der Waals surface area contributed by atoms with Crippen LogP contribution < -0.4 is 19.7 Å². The molecule has 0 spiro atoms. The standard InChI is InChI=1S/2C21H18O11.Ca/c2*22-6-12-16(25)18(27)19(28)21(32-12)31-11-3-1-2-8-14(11)17(26)13-9(15(8)24)4-7(20(29)30)5-10(13)23;/h2*1-5,12,16,18-19,21-23,25,27-28H,6H2,(H,29,30);/q;;+2/p-2. The average Bonchev–Trinajstić information content (AvgIpc) is 3.27. The number of fused-ring (bicyclic) bond motifs is 4. The first kappa shape index (κ1) is 49.0. The second-order valence-corrected chi connectivity index (χ2v) is 14.7. The number of aromatic carboxylic acids is 2. The Bertz CT molecular complexity index is 2430. The van der Waals surface area contributed by atoms with Crippen molar-refractivity contribution in [3.63, 3.8) is 0 Å². The predicted molar refractivity (Wildman–Crippen MR) is 206 cm³/mol. The molecule has 22 nitrogen and oxygen atoms in total. The van der Waals surface area contributed by atoms with Crippen LogP contribution in [0.1, 0.15) is 84.4 Å². The summed E-state index contributed by atoms with van der Waals surface area (Å²) in [5, 5.41) is 121.